The monoisotopic (exact) mass is 334 g/mol. The van der Waals surface area contributed by atoms with Crippen molar-refractivity contribution in [2.75, 3.05) is 12.3 Å². The van der Waals surface area contributed by atoms with Crippen molar-refractivity contribution in [1.82, 2.24) is 10.2 Å². The number of carbonyl (C=O) groups is 2. The molecule has 23 heavy (non-hydrogen) atoms. The molecule has 1 saturated heterocycles. The largest absolute Gasteiger partial charge is 0.325 e. The third kappa shape index (κ3) is 4.28. The molecule has 0 spiro atoms. The van der Waals surface area contributed by atoms with E-state index in [1.54, 1.807) is 25.6 Å². The van der Waals surface area contributed by atoms with Crippen LogP contribution in [0, 0.1) is 0 Å². The van der Waals surface area contributed by atoms with Gasteiger partial charge < -0.3 is 5.32 Å². The van der Waals surface area contributed by atoms with Crippen LogP contribution in [0.4, 0.5) is 4.79 Å². The fraction of sp³-hybridized carbons (Fsp3) is 0.556. The second kappa shape index (κ2) is 6.56. The number of urea groups is 1. The minimum absolute atomic E-state index is 0.141. The zero-order valence-electron chi connectivity index (χ0n) is 14.6. The van der Waals surface area contributed by atoms with E-state index in [4.69, 9.17) is 0 Å². The minimum atomic E-state index is -0.773. The molecule has 1 fully saturated rings. The van der Waals surface area contributed by atoms with Crippen LogP contribution >= 0.6 is 11.8 Å². The molecule has 0 unspecified atom stereocenters. The molecule has 126 valence electrons. The Morgan fingerprint density at radius 2 is 1.74 bits per heavy atom. The number of imide groups is 1. The SMILES string of the molecule is CC1(C)NC(=O)N(CCSCc2ccc(C(C)(C)C)cc2)C1=O. The maximum Gasteiger partial charge on any atom is 0.325 e. The molecule has 0 saturated carbocycles. The van der Waals surface area contributed by atoms with Crippen molar-refractivity contribution < 1.29 is 9.59 Å². The van der Waals surface area contributed by atoms with Gasteiger partial charge in [-0.3, -0.25) is 9.69 Å². The van der Waals surface area contributed by atoms with Crippen molar-refractivity contribution in [3.05, 3.63) is 35.4 Å². The van der Waals surface area contributed by atoms with Crippen molar-refractivity contribution in [1.29, 1.82) is 0 Å². The van der Waals surface area contributed by atoms with Crippen molar-refractivity contribution >= 4 is 23.7 Å². The van der Waals surface area contributed by atoms with E-state index < -0.39 is 5.54 Å². The van der Waals surface area contributed by atoms with E-state index in [0.29, 0.717) is 6.54 Å². The molecular formula is C18H26N2O2S. The van der Waals surface area contributed by atoms with Gasteiger partial charge in [-0.2, -0.15) is 11.8 Å². The van der Waals surface area contributed by atoms with E-state index >= 15 is 0 Å². The summed E-state index contributed by atoms with van der Waals surface area (Å²) in [5.74, 6) is 1.49. The Labute approximate surface area is 143 Å². The Morgan fingerprint density at radius 1 is 1.13 bits per heavy atom. The smallest absolute Gasteiger partial charge is 0.324 e. The summed E-state index contributed by atoms with van der Waals surface area (Å²) in [6.07, 6.45) is 0. The van der Waals surface area contributed by atoms with Crippen LogP contribution in [0.2, 0.25) is 0 Å². The molecule has 0 aliphatic carbocycles. The van der Waals surface area contributed by atoms with Gasteiger partial charge in [-0.1, -0.05) is 45.0 Å². The third-order valence-corrected chi connectivity index (χ3v) is 5.00. The Morgan fingerprint density at radius 3 is 2.22 bits per heavy atom. The number of hydrogen-bond acceptors (Lipinski definition) is 3. The number of thioether (sulfide) groups is 1. The summed E-state index contributed by atoms with van der Waals surface area (Å²) in [5, 5.41) is 2.70. The number of nitrogens with one attached hydrogen (secondary N) is 1. The lowest BCUT2D eigenvalue weighted by Crippen LogP contribution is -2.40. The molecule has 0 bridgehead atoms. The fourth-order valence-electron chi connectivity index (χ4n) is 2.47. The lowest BCUT2D eigenvalue weighted by molar-refractivity contribution is -0.130. The average molecular weight is 334 g/mol. The third-order valence-electron chi connectivity index (χ3n) is 3.99. The molecule has 1 aromatic carbocycles. The number of carbonyl (C=O) groups excluding carboxylic acids is 2. The van der Waals surface area contributed by atoms with Crippen LogP contribution in [0.1, 0.15) is 45.7 Å². The second-order valence-corrected chi connectivity index (χ2v) is 8.62. The molecule has 1 aliphatic heterocycles. The summed E-state index contributed by atoms with van der Waals surface area (Å²) in [4.78, 5) is 25.2. The zero-order chi connectivity index (χ0) is 17.3. The van der Waals surface area contributed by atoms with Crippen molar-refractivity contribution in [3.63, 3.8) is 0 Å². The minimum Gasteiger partial charge on any atom is -0.324 e. The van der Waals surface area contributed by atoms with E-state index in [1.807, 2.05) is 0 Å². The van der Waals surface area contributed by atoms with Crippen LogP contribution in [0.5, 0.6) is 0 Å². The molecule has 1 aromatic rings. The van der Waals surface area contributed by atoms with Crippen LogP contribution in [0.3, 0.4) is 0 Å². The number of hydrogen-bond donors (Lipinski definition) is 1. The molecule has 1 aliphatic rings. The summed E-state index contributed by atoms with van der Waals surface area (Å²) < 4.78 is 0. The highest BCUT2D eigenvalue weighted by Crippen LogP contribution is 2.23. The molecule has 0 radical (unpaired) electrons. The van der Waals surface area contributed by atoms with Crippen LogP contribution in [-0.2, 0) is 16.0 Å². The number of rotatable bonds is 5. The highest BCUT2D eigenvalue weighted by Gasteiger charge is 2.43. The molecule has 4 nitrogen and oxygen atoms in total. The van der Waals surface area contributed by atoms with Crippen molar-refractivity contribution in [2.24, 2.45) is 0 Å². The van der Waals surface area contributed by atoms with E-state index in [-0.39, 0.29) is 17.4 Å². The summed E-state index contributed by atoms with van der Waals surface area (Å²) in [6, 6.07) is 8.38. The molecular weight excluding hydrogens is 308 g/mol. The topological polar surface area (TPSA) is 49.4 Å². The first kappa shape index (κ1) is 17.9. The number of amides is 3. The number of benzene rings is 1. The van der Waals surface area contributed by atoms with Gasteiger partial charge in [0.25, 0.3) is 5.91 Å². The highest BCUT2D eigenvalue weighted by molar-refractivity contribution is 7.98. The van der Waals surface area contributed by atoms with E-state index in [2.05, 4.69) is 50.4 Å². The van der Waals surface area contributed by atoms with Gasteiger partial charge in [-0.25, -0.2) is 4.79 Å². The predicted molar refractivity (Wildman–Crippen MR) is 95.6 cm³/mol. The molecule has 0 atom stereocenters. The van der Waals surface area contributed by atoms with E-state index in [0.717, 1.165) is 11.5 Å². The van der Waals surface area contributed by atoms with Crippen LogP contribution in [0.15, 0.2) is 24.3 Å². The summed E-state index contributed by atoms with van der Waals surface area (Å²) in [5.41, 5.74) is 1.99. The van der Waals surface area contributed by atoms with Gasteiger partial charge in [-0.05, 0) is 30.4 Å². The van der Waals surface area contributed by atoms with Gasteiger partial charge in [0, 0.05) is 18.1 Å². The Balaban J connectivity index is 1.80. The first-order chi connectivity index (χ1) is 10.6. The van der Waals surface area contributed by atoms with Gasteiger partial charge in [0.05, 0.1) is 0 Å². The average Bonchev–Trinajstić information content (AvgIpc) is 2.64. The molecule has 2 rings (SSSR count). The fourth-order valence-corrected chi connectivity index (χ4v) is 3.35. The molecule has 1 N–H and O–H groups in total. The maximum atomic E-state index is 12.1. The van der Waals surface area contributed by atoms with Gasteiger partial charge in [0.15, 0.2) is 0 Å². The predicted octanol–water partition coefficient (Wildman–Crippen LogP) is 3.55. The normalized spacial score (nSPS) is 17.5. The first-order valence-corrected chi connectivity index (χ1v) is 9.08. The second-order valence-electron chi connectivity index (χ2n) is 7.51. The van der Waals surface area contributed by atoms with Crippen LogP contribution in [-0.4, -0.2) is 34.7 Å². The van der Waals surface area contributed by atoms with E-state index in [9.17, 15) is 9.59 Å². The van der Waals surface area contributed by atoms with Gasteiger partial charge >= 0.3 is 6.03 Å². The van der Waals surface area contributed by atoms with Crippen molar-refractivity contribution in [2.45, 2.75) is 51.3 Å². The van der Waals surface area contributed by atoms with Crippen LogP contribution in [0.25, 0.3) is 0 Å². The molecule has 1 heterocycles. The summed E-state index contributed by atoms with van der Waals surface area (Å²) in [6.45, 7) is 10.5. The number of nitrogens with zero attached hydrogens (tertiary/aromatic N) is 1. The van der Waals surface area contributed by atoms with Gasteiger partial charge in [0.2, 0.25) is 0 Å². The molecule has 5 heteroatoms. The maximum absolute atomic E-state index is 12.1. The zero-order valence-corrected chi connectivity index (χ0v) is 15.4. The first-order valence-electron chi connectivity index (χ1n) is 7.92. The van der Waals surface area contributed by atoms with Gasteiger partial charge in [-0.15, -0.1) is 0 Å². The highest BCUT2D eigenvalue weighted by atomic mass is 32.2. The van der Waals surface area contributed by atoms with Crippen LogP contribution < -0.4 is 5.32 Å². The Hall–Kier alpha value is -1.49. The van der Waals surface area contributed by atoms with Gasteiger partial charge in [0.1, 0.15) is 5.54 Å². The quantitative estimate of drug-likeness (QED) is 0.662. The Kier molecular flexibility index (Phi) is 5.09. The van der Waals surface area contributed by atoms with E-state index in [1.165, 1.54) is 16.0 Å². The lowest BCUT2D eigenvalue weighted by Gasteiger charge is -2.19. The molecule has 0 aromatic heterocycles. The Bertz CT molecular complexity index is 588. The summed E-state index contributed by atoms with van der Waals surface area (Å²) in [7, 11) is 0. The van der Waals surface area contributed by atoms with Crippen molar-refractivity contribution in [3.8, 4) is 0 Å². The molecule has 3 amide bonds. The standard InChI is InChI=1S/C18H26N2O2S/c1-17(2,3)14-8-6-13(7-9-14)12-23-11-10-20-15(21)18(4,5)19-16(20)22/h6-9H,10-12H2,1-5H3,(H,19,22). The lowest BCUT2D eigenvalue weighted by atomic mass is 9.87. The summed E-state index contributed by atoms with van der Waals surface area (Å²) >= 11 is 1.74.